The van der Waals surface area contributed by atoms with Crippen LogP contribution < -0.4 is 4.72 Å². The topological polar surface area (TPSA) is 83.6 Å². The maximum Gasteiger partial charge on any atom is 0.243 e. The van der Waals surface area contributed by atoms with Crippen molar-refractivity contribution in [3.05, 3.63) is 60.2 Å². The van der Waals surface area contributed by atoms with Gasteiger partial charge in [0.05, 0.1) is 9.79 Å². The lowest BCUT2D eigenvalue weighted by atomic mass is 10.2. The van der Waals surface area contributed by atoms with E-state index in [0.717, 1.165) is 5.56 Å². The van der Waals surface area contributed by atoms with Gasteiger partial charge in [0, 0.05) is 13.1 Å². The Hall–Kier alpha value is -1.74. The molecule has 0 aromatic heterocycles. The molecule has 0 heterocycles. The van der Waals surface area contributed by atoms with Crippen LogP contribution in [-0.4, -0.2) is 34.7 Å². The second-order valence-corrected chi connectivity index (χ2v) is 8.92. The number of rotatable bonds is 7. The SMILES string of the molecule is CCN(Cc1ccccc1)S(=O)(=O)c1cccc(S(=O)(=O)NC)c1. The van der Waals surface area contributed by atoms with Crippen LogP contribution in [0.25, 0.3) is 0 Å². The van der Waals surface area contributed by atoms with Gasteiger partial charge in [-0.15, -0.1) is 0 Å². The lowest BCUT2D eigenvalue weighted by molar-refractivity contribution is 0.423. The van der Waals surface area contributed by atoms with E-state index in [-0.39, 0.29) is 22.9 Å². The summed E-state index contributed by atoms with van der Waals surface area (Å²) in [4.78, 5) is -0.126. The van der Waals surface area contributed by atoms with Crippen LogP contribution in [-0.2, 0) is 26.6 Å². The van der Waals surface area contributed by atoms with Crippen molar-refractivity contribution in [3.63, 3.8) is 0 Å². The summed E-state index contributed by atoms with van der Waals surface area (Å²) in [5.74, 6) is 0. The summed E-state index contributed by atoms with van der Waals surface area (Å²) in [5, 5.41) is 0. The van der Waals surface area contributed by atoms with E-state index < -0.39 is 20.0 Å². The average Bonchev–Trinajstić information content (AvgIpc) is 2.60. The van der Waals surface area contributed by atoms with E-state index in [4.69, 9.17) is 0 Å². The lowest BCUT2D eigenvalue weighted by Gasteiger charge is -2.21. The molecular weight excluding hydrogens is 348 g/mol. The molecule has 0 aliphatic heterocycles. The quantitative estimate of drug-likeness (QED) is 0.808. The van der Waals surface area contributed by atoms with Gasteiger partial charge >= 0.3 is 0 Å². The van der Waals surface area contributed by atoms with Gasteiger partial charge < -0.3 is 0 Å². The summed E-state index contributed by atoms with van der Waals surface area (Å²) in [6.07, 6.45) is 0. The van der Waals surface area contributed by atoms with Gasteiger partial charge in [-0.2, -0.15) is 4.31 Å². The van der Waals surface area contributed by atoms with E-state index in [0.29, 0.717) is 0 Å². The van der Waals surface area contributed by atoms with Crippen LogP contribution in [0.5, 0.6) is 0 Å². The largest absolute Gasteiger partial charge is 0.243 e. The molecule has 0 radical (unpaired) electrons. The van der Waals surface area contributed by atoms with Crippen molar-refractivity contribution in [1.29, 1.82) is 0 Å². The highest BCUT2D eigenvalue weighted by Gasteiger charge is 2.25. The lowest BCUT2D eigenvalue weighted by Crippen LogP contribution is -2.30. The van der Waals surface area contributed by atoms with Crippen LogP contribution in [0.1, 0.15) is 12.5 Å². The summed E-state index contributed by atoms with van der Waals surface area (Å²) < 4.78 is 53.0. The van der Waals surface area contributed by atoms with Gasteiger partial charge in [-0.1, -0.05) is 43.3 Å². The van der Waals surface area contributed by atoms with Crippen molar-refractivity contribution in [3.8, 4) is 0 Å². The minimum Gasteiger partial charge on any atom is -0.214 e. The molecule has 6 nitrogen and oxygen atoms in total. The van der Waals surface area contributed by atoms with Gasteiger partial charge in [0.1, 0.15) is 0 Å². The first-order valence-corrected chi connectivity index (χ1v) is 10.3. The standard InChI is InChI=1S/C16H20N2O4S2/c1-3-18(13-14-8-5-4-6-9-14)24(21,22)16-11-7-10-15(12-16)23(19,20)17-2/h4-12,17H,3,13H2,1-2H3. The van der Waals surface area contributed by atoms with E-state index in [1.807, 2.05) is 30.3 Å². The van der Waals surface area contributed by atoms with E-state index in [2.05, 4.69) is 4.72 Å². The molecule has 8 heteroatoms. The van der Waals surface area contributed by atoms with Crippen LogP contribution in [0, 0.1) is 0 Å². The number of sulfonamides is 2. The molecule has 0 saturated heterocycles. The van der Waals surface area contributed by atoms with Crippen LogP contribution in [0.3, 0.4) is 0 Å². The average molecular weight is 368 g/mol. The molecule has 2 aromatic rings. The van der Waals surface area contributed by atoms with Gasteiger partial charge in [-0.05, 0) is 30.8 Å². The maximum atomic E-state index is 12.8. The number of nitrogens with zero attached hydrogens (tertiary/aromatic N) is 1. The smallest absolute Gasteiger partial charge is 0.214 e. The zero-order valence-electron chi connectivity index (χ0n) is 13.5. The molecule has 2 aromatic carbocycles. The first kappa shape index (κ1) is 18.6. The molecule has 24 heavy (non-hydrogen) atoms. The van der Waals surface area contributed by atoms with Crippen molar-refractivity contribution >= 4 is 20.0 Å². The number of hydrogen-bond acceptors (Lipinski definition) is 4. The fourth-order valence-corrected chi connectivity index (χ4v) is 4.56. The normalized spacial score (nSPS) is 12.5. The Labute approximate surface area is 143 Å². The predicted molar refractivity (Wildman–Crippen MR) is 92.4 cm³/mol. The third-order valence-corrected chi connectivity index (χ3v) is 6.91. The van der Waals surface area contributed by atoms with E-state index in [9.17, 15) is 16.8 Å². The first-order valence-electron chi connectivity index (χ1n) is 7.39. The summed E-state index contributed by atoms with van der Waals surface area (Å²) in [6.45, 7) is 2.25. The van der Waals surface area contributed by atoms with Gasteiger partial charge in [-0.25, -0.2) is 21.6 Å². The van der Waals surface area contributed by atoms with Crippen LogP contribution >= 0.6 is 0 Å². The molecule has 0 spiro atoms. The van der Waals surface area contributed by atoms with Crippen molar-refractivity contribution in [1.82, 2.24) is 9.03 Å². The Morgan fingerprint density at radius 2 is 1.54 bits per heavy atom. The van der Waals surface area contributed by atoms with E-state index >= 15 is 0 Å². The zero-order chi connectivity index (χ0) is 17.8. The Kier molecular flexibility index (Phi) is 5.76. The second kappa shape index (κ2) is 7.43. The van der Waals surface area contributed by atoms with Crippen molar-refractivity contribution in [2.45, 2.75) is 23.3 Å². The highest BCUT2D eigenvalue weighted by Crippen LogP contribution is 2.21. The van der Waals surface area contributed by atoms with Crippen LogP contribution in [0.15, 0.2) is 64.4 Å². The number of hydrogen-bond donors (Lipinski definition) is 1. The number of nitrogens with one attached hydrogen (secondary N) is 1. The summed E-state index contributed by atoms with van der Waals surface area (Å²) in [6, 6.07) is 14.6. The van der Waals surface area contributed by atoms with Gasteiger partial charge in [0.25, 0.3) is 0 Å². The molecule has 0 unspecified atom stereocenters. The molecule has 0 atom stereocenters. The third-order valence-electron chi connectivity index (χ3n) is 3.58. The summed E-state index contributed by atoms with van der Waals surface area (Å²) in [5.41, 5.74) is 0.863. The number of benzene rings is 2. The molecule has 0 fully saturated rings. The van der Waals surface area contributed by atoms with Crippen molar-refractivity contribution in [2.24, 2.45) is 0 Å². The van der Waals surface area contributed by atoms with E-state index in [1.165, 1.54) is 35.6 Å². The highest BCUT2D eigenvalue weighted by atomic mass is 32.2. The van der Waals surface area contributed by atoms with Gasteiger partial charge in [0.15, 0.2) is 0 Å². The fraction of sp³-hybridized carbons (Fsp3) is 0.250. The minimum atomic E-state index is -3.80. The summed E-state index contributed by atoms with van der Waals surface area (Å²) >= 11 is 0. The van der Waals surface area contributed by atoms with Crippen LogP contribution in [0.2, 0.25) is 0 Å². The maximum absolute atomic E-state index is 12.8. The van der Waals surface area contributed by atoms with Gasteiger partial charge in [0.2, 0.25) is 20.0 Å². The molecular formula is C16H20N2O4S2. The van der Waals surface area contributed by atoms with Crippen LogP contribution in [0.4, 0.5) is 0 Å². The molecule has 0 saturated carbocycles. The zero-order valence-corrected chi connectivity index (χ0v) is 15.1. The van der Waals surface area contributed by atoms with E-state index in [1.54, 1.807) is 6.92 Å². The molecule has 1 N–H and O–H groups in total. The molecule has 0 aliphatic rings. The molecule has 0 amide bonds. The third kappa shape index (κ3) is 4.02. The fourth-order valence-electron chi connectivity index (χ4n) is 2.22. The molecule has 0 bridgehead atoms. The predicted octanol–water partition coefficient (Wildman–Crippen LogP) is 1.81. The molecule has 2 rings (SSSR count). The minimum absolute atomic E-state index is 0.0448. The summed E-state index contributed by atoms with van der Waals surface area (Å²) in [7, 11) is -6.22. The Balaban J connectivity index is 2.40. The second-order valence-electron chi connectivity index (χ2n) is 5.10. The molecule has 0 aliphatic carbocycles. The first-order chi connectivity index (χ1) is 11.3. The monoisotopic (exact) mass is 368 g/mol. The Bertz CT molecular complexity index is 895. The highest BCUT2D eigenvalue weighted by molar-refractivity contribution is 7.90. The van der Waals surface area contributed by atoms with Crippen molar-refractivity contribution < 1.29 is 16.8 Å². The van der Waals surface area contributed by atoms with Crippen molar-refractivity contribution in [2.75, 3.05) is 13.6 Å². The Morgan fingerprint density at radius 1 is 0.917 bits per heavy atom. The Morgan fingerprint density at radius 3 is 2.12 bits per heavy atom. The molecule has 130 valence electrons. The van der Waals surface area contributed by atoms with Gasteiger partial charge in [-0.3, -0.25) is 0 Å².